The highest BCUT2D eigenvalue weighted by atomic mass is 32.2. The molecule has 0 bridgehead atoms. The van der Waals surface area contributed by atoms with Gasteiger partial charge < -0.3 is 24.0 Å². The molecule has 0 saturated carbocycles. The van der Waals surface area contributed by atoms with Gasteiger partial charge in [-0.25, -0.2) is 32.3 Å². The van der Waals surface area contributed by atoms with Gasteiger partial charge in [0.2, 0.25) is 0 Å². The fraction of sp³-hybridized carbons (Fsp3) is 0.300. The Balaban J connectivity index is 0.000000165. The Hall–Kier alpha value is -6.72. The Morgan fingerprint density at radius 3 is 1.80 bits per heavy atom. The molecule has 6 aromatic heterocycles. The molecule has 0 amide bonds. The van der Waals surface area contributed by atoms with Crippen molar-refractivity contribution in [1.29, 1.82) is 0 Å². The number of hydrogen-bond acceptors (Lipinski definition) is 11. The van der Waals surface area contributed by atoms with E-state index in [0.29, 0.717) is 28.4 Å². The topological polar surface area (TPSA) is 169 Å². The number of likely N-dealkylation sites (tertiary alicyclic amines) is 2. The summed E-state index contributed by atoms with van der Waals surface area (Å²) in [6.07, 6.45) is 10.7. The summed E-state index contributed by atoms with van der Waals surface area (Å²) in [5, 5.41) is 11.7. The Morgan fingerprint density at radius 2 is 1.23 bits per heavy atom. The van der Waals surface area contributed by atoms with Gasteiger partial charge in [0.1, 0.15) is 41.5 Å². The molecule has 2 fully saturated rings. The number of esters is 1. The molecule has 0 spiro atoms. The summed E-state index contributed by atoms with van der Waals surface area (Å²) < 4.78 is 37.9. The fourth-order valence-corrected chi connectivity index (χ4v) is 11.1. The van der Waals surface area contributed by atoms with Crippen molar-refractivity contribution in [2.24, 2.45) is 0 Å². The quantitative estimate of drug-likeness (QED) is 0.122. The van der Waals surface area contributed by atoms with Crippen LogP contribution in [-0.4, -0.2) is 93.5 Å². The number of benzene rings is 3. The zero-order chi connectivity index (χ0) is 45.2. The number of aliphatic hydroxyl groups is 1. The SMILES string of the molecule is CC(=O)OCc1nc2cnc3c(ccn3S(=O)(=O)c3ccccc3)c2n1C1CCN(Cc2ccccc2)CC1.OCc1nc2cnc3[nH]ccc3c2n1C1CCN(Cc2ccccc2)CC1. The van der Waals surface area contributed by atoms with E-state index in [1.54, 1.807) is 55.0 Å². The molecule has 0 radical (unpaired) electrons. The highest BCUT2D eigenvalue weighted by molar-refractivity contribution is 7.90. The molecule has 2 aliphatic rings. The molecular formula is C50H52N10O5S. The van der Waals surface area contributed by atoms with Gasteiger partial charge in [-0.1, -0.05) is 78.9 Å². The molecule has 2 N–H and O–H groups in total. The van der Waals surface area contributed by atoms with Crippen molar-refractivity contribution in [3.63, 3.8) is 0 Å². The van der Waals surface area contributed by atoms with Crippen molar-refractivity contribution in [3.8, 4) is 0 Å². The molecule has 2 saturated heterocycles. The number of aromatic amines is 1. The molecule has 0 atom stereocenters. The number of fused-ring (bicyclic) bond motifs is 6. The van der Waals surface area contributed by atoms with Crippen molar-refractivity contribution in [2.75, 3.05) is 26.2 Å². The number of pyridine rings is 2. The first-order chi connectivity index (χ1) is 32.2. The van der Waals surface area contributed by atoms with Gasteiger partial charge in [-0.3, -0.25) is 14.6 Å². The van der Waals surface area contributed by atoms with Crippen LogP contribution in [0.25, 0.3) is 44.1 Å². The maximum atomic E-state index is 13.4. The summed E-state index contributed by atoms with van der Waals surface area (Å²) in [5.41, 5.74) is 7.26. The number of imidazole rings is 2. The maximum absolute atomic E-state index is 13.4. The van der Waals surface area contributed by atoms with E-state index in [1.165, 1.54) is 22.0 Å². The van der Waals surface area contributed by atoms with E-state index in [4.69, 9.17) is 9.72 Å². The average molecular weight is 905 g/mol. The lowest BCUT2D eigenvalue weighted by Crippen LogP contribution is -2.34. The van der Waals surface area contributed by atoms with Crippen molar-refractivity contribution >= 4 is 60.1 Å². The van der Waals surface area contributed by atoms with Gasteiger partial charge in [0.25, 0.3) is 10.0 Å². The van der Waals surface area contributed by atoms with E-state index in [-0.39, 0.29) is 30.1 Å². The van der Waals surface area contributed by atoms with Crippen LogP contribution in [-0.2, 0) is 45.9 Å². The highest BCUT2D eigenvalue weighted by Crippen LogP contribution is 2.35. The Kier molecular flexibility index (Phi) is 12.2. The van der Waals surface area contributed by atoms with Gasteiger partial charge in [0, 0.05) is 81.4 Å². The van der Waals surface area contributed by atoms with Crippen molar-refractivity contribution < 1.29 is 23.1 Å². The summed E-state index contributed by atoms with van der Waals surface area (Å²) >= 11 is 0. The Labute approximate surface area is 382 Å². The van der Waals surface area contributed by atoms with Crippen LogP contribution in [0.15, 0.2) is 133 Å². The molecule has 66 heavy (non-hydrogen) atoms. The number of hydrogen-bond donors (Lipinski definition) is 2. The largest absolute Gasteiger partial charge is 0.458 e. The monoisotopic (exact) mass is 904 g/mol. The van der Waals surface area contributed by atoms with E-state index in [1.807, 2.05) is 12.3 Å². The van der Waals surface area contributed by atoms with Gasteiger partial charge in [-0.15, -0.1) is 0 Å². The van der Waals surface area contributed by atoms with Crippen LogP contribution in [0.5, 0.6) is 0 Å². The molecule has 9 aromatic rings. The summed E-state index contributed by atoms with van der Waals surface area (Å²) in [5.74, 6) is 0.992. The van der Waals surface area contributed by atoms with E-state index in [0.717, 1.165) is 98.4 Å². The first-order valence-electron chi connectivity index (χ1n) is 22.5. The zero-order valence-electron chi connectivity index (χ0n) is 36.8. The fourth-order valence-electron chi connectivity index (χ4n) is 9.76. The molecular weight excluding hydrogens is 853 g/mol. The Bertz CT molecular complexity index is 3220. The van der Waals surface area contributed by atoms with E-state index < -0.39 is 10.0 Å². The number of aromatic nitrogens is 8. The van der Waals surface area contributed by atoms with Crippen molar-refractivity contribution in [1.82, 2.24) is 47.8 Å². The van der Waals surface area contributed by atoms with Gasteiger partial charge >= 0.3 is 5.97 Å². The number of H-pyrrole nitrogens is 1. The minimum absolute atomic E-state index is 0.0404. The third kappa shape index (κ3) is 8.60. The van der Waals surface area contributed by atoms with Gasteiger partial charge in [-0.2, -0.15) is 0 Å². The molecule has 15 nitrogen and oxygen atoms in total. The molecule has 8 heterocycles. The number of piperidine rings is 2. The Morgan fingerprint density at radius 1 is 0.697 bits per heavy atom. The standard InChI is InChI=1S/C29H29N5O4S.C21H23N5O/c1-21(35)38-20-27-31-26-18-30-29-25(14-17-33(29)39(36,37)24-10-6-3-7-11-24)28(26)34(27)23-12-15-32(16-13-23)19-22-8-4-2-5-9-22;27-14-19-24-18-12-23-21-17(6-9-22-21)20(18)26(19)16-7-10-25(11-8-16)13-15-4-2-1-3-5-15/h2-11,14,17-18,23H,12-13,15-16,19-20H2,1H3;1-6,9,12,16,27H,7-8,10-11,13-14H2,(H,22,23). The summed E-state index contributed by atoms with van der Waals surface area (Å²) in [6, 6.07) is 33.7. The summed E-state index contributed by atoms with van der Waals surface area (Å²) in [4.78, 5) is 38.3. The predicted octanol–water partition coefficient (Wildman–Crippen LogP) is 7.77. The number of aliphatic hydroxyl groups excluding tert-OH is 1. The predicted molar refractivity (Wildman–Crippen MR) is 253 cm³/mol. The van der Waals surface area contributed by atoms with Crippen LogP contribution in [0.2, 0.25) is 0 Å². The molecule has 2 aliphatic heterocycles. The lowest BCUT2D eigenvalue weighted by atomic mass is 10.0. The van der Waals surface area contributed by atoms with E-state index in [2.05, 4.69) is 99.5 Å². The summed E-state index contributed by atoms with van der Waals surface area (Å²) in [6.45, 7) is 7.17. The number of carbonyl (C=O) groups is 1. The maximum Gasteiger partial charge on any atom is 0.303 e. The molecule has 0 aliphatic carbocycles. The second kappa shape index (κ2) is 18.6. The van der Waals surface area contributed by atoms with Crippen LogP contribution in [0.4, 0.5) is 0 Å². The van der Waals surface area contributed by atoms with Crippen LogP contribution >= 0.6 is 0 Å². The molecule has 11 rings (SSSR count). The second-order valence-electron chi connectivity index (χ2n) is 17.1. The van der Waals surface area contributed by atoms with Gasteiger partial charge in [0.15, 0.2) is 5.65 Å². The average Bonchev–Trinajstić information content (AvgIpc) is 4.16. The van der Waals surface area contributed by atoms with Gasteiger partial charge in [-0.05, 0) is 61.1 Å². The third-order valence-corrected chi connectivity index (χ3v) is 14.6. The highest BCUT2D eigenvalue weighted by Gasteiger charge is 2.29. The molecule has 0 unspecified atom stereocenters. The van der Waals surface area contributed by atoms with Crippen molar-refractivity contribution in [2.45, 2.75) is 75.9 Å². The van der Waals surface area contributed by atoms with Crippen LogP contribution in [0.3, 0.4) is 0 Å². The number of rotatable bonds is 11. The number of nitrogens with one attached hydrogen (secondary N) is 1. The minimum Gasteiger partial charge on any atom is -0.458 e. The van der Waals surface area contributed by atoms with E-state index in [9.17, 15) is 18.3 Å². The lowest BCUT2D eigenvalue weighted by molar-refractivity contribution is -0.142. The molecule has 3 aromatic carbocycles. The third-order valence-electron chi connectivity index (χ3n) is 12.9. The van der Waals surface area contributed by atoms with Crippen molar-refractivity contribution in [3.05, 3.63) is 151 Å². The minimum atomic E-state index is -3.83. The zero-order valence-corrected chi connectivity index (χ0v) is 37.6. The lowest BCUT2D eigenvalue weighted by Gasteiger charge is -2.33. The van der Waals surface area contributed by atoms with E-state index >= 15 is 0 Å². The first-order valence-corrected chi connectivity index (χ1v) is 24.0. The smallest absolute Gasteiger partial charge is 0.303 e. The van der Waals surface area contributed by atoms with Gasteiger partial charge in [0.05, 0.1) is 28.3 Å². The number of carbonyl (C=O) groups excluding carboxylic acids is 1. The molecule has 16 heteroatoms. The second-order valence-corrected chi connectivity index (χ2v) is 18.9. The number of nitrogens with zero attached hydrogens (tertiary/aromatic N) is 9. The molecule has 338 valence electrons. The first kappa shape index (κ1) is 43.2. The van der Waals surface area contributed by atoms with Crippen LogP contribution < -0.4 is 0 Å². The normalized spacial score (nSPS) is 15.7. The number of ether oxygens (including phenoxy) is 1. The summed E-state index contributed by atoms with van der Waals surface area (Å²) in [7, 11) is -3.83. The van der Waals surface area contributed by atoms with Crippen LogP contribution in [0, 0.1) is 0 Å². The van der Waals surface area contributed by atoms with Crippen LogP contribution in [0.1, 0.15) is 67.5 Å².